The van der Waals surface area contributed by atoms with E-state index < -0.39 is 46.1 Å². The molecule has 0 saturated heterocycles. The SMILES string of the molecule is N#Cc1ccc(C23CC(C(F)(F)C(O)(Cn4cnnn4)c4ccc(F)cc4F)(C2)C3)cc1. The van der Waals surface area contributed by atoms with E-state index in [2.05, 4.69) is 15.5 Å². The molecule has 32 heavy (non-hydrogen) atoms. The van der Waals surface area contributed by atoms with Crippen LogP contribution in [0.15, 0.2) is 48.8 Å². The van der Waals surface area contributed by atoms with Gasteiger partial charge in [-0.25, -0.2) is 22.2 Å². The van der Waals surface area contributed by atoms with E-state index in [1.165, 1.54) is 0 Å². The minimum absolute atomic E-state index is 0.0969. The summed E-state index contributed by atoms with van der Waals surface area (Å²) in [4.78, 5) is 0. The second kappa shape index (κ2) is 6.59. The molecule has 3 aromatic rings. The molecule has 3 aliphatic carbocycles. The lowest BCUT2D eigenvalue weighted by Gasteiger charge is -2.74. The van der Waals surface area contributed by atoms with Crippen molar-refractivity contribution < 1.29 is 22.7 Å². The lowest BCUT2D eigenvalue weighted by atomic mass is 9.30. The molecule has 1 heterocycles. The molecule has 0 radical (unpaired) electrons. The normalized spacial score (nSPS) is 25.9. The Morgan fingerprint density at radius 2 is 1.78 bits per heavy atom. The molecule has 6 rings (SSSR count). The number of nitrogens with zero attached hydrogens (tertiary/aromatic N) is 5. The number of hydrogen-bond donors (Lipinski definition) is 1. The Labute approximate surface area is 180 Å². The highest BCUT2D eigenvalue weighted by Crippen LogP contribution is 2.80. The number of hydrogen-bond acceptors (Lipinski definition) is 5. The number of nitriles is 1. The van der Waals surface area contributed by atoms with Crippen molar-refractivity contribution in [2.45, 2.75) is 42.7 Å². The first-order valence-electron chi connectivity index (χ1n) is 9.92. The molecule has 6 nitrogen and oxygen atoms in total. The Balaban J connectivity index is 1.50. The van der Waals surface area contributed by atoms with Gasteiger partial charge in [0.25, 0.3) is 5.92 Å². The van der Waals surface area contributed by atoms with Crippen LogP contribution in [0.3, 0.4) is 0 Å². The van der Waals surface area contributed by atoms with E-state index in [4.69, 9.17) is 5.26 Å². The standard InChI is InChI=1S/C22H17F4N5O/c23-16-5-6-17(18(24)7-16)21(32,12-31-13-28-29-30-31)22(25,26)20-9-19(10-20,11-20)15-3-1-14(8-27)2-4-15/h1-7,13,32H,9-12H2. The van der Waals surface area contributed by atoms with Gasteiger partial charge in [-0.2, -0.15) is 5.26 Å². The summed E-state index contributed by atoms with van der Waals surface area (Å²) in [5.41, 5.74) is -4.40. The molecular formula is C22H17F4N5O. The summed E-state index contributed by atoms with van der Waals surface area (Å²) in [5.74, 6) is -5.97. The summed E-state index contributed by atoms with van der Waals surface area (Å²) in [7, 11) is 0. The minimum Gasteiger partial charge on any atom is -0.377 e. The Morgan fingerprint density at radius 1 is 1.09 bits per heavy atom. The monoisotopic (exact) mass is 443 g/mol. The van der Waals surface area contributed by atoms with E-state index in [1.807, 2.05) is 6.07 Å². The molecule has 0 aliphatic heterocycles. The average molecular weight is 443 g/mol. The number of aromatic nitrogens is 4. The first-order valence-corrected chi connectivity index (χ1v) is 9.92. The summed E-state index contributed by atoms with van der Waals surface area (Å²) in [5, 5.41) is 30.6. The fraction of sp³-hybridized carbons (Fsp3) is 0.364. The number of alkyl halides is 2. The molecule has 3 aliphatic rings. The highest BCUT2D eigenvalue weighted by molar-refractivity contribution is 5.45. The molecular weight excluding hydrogens is 426 g/mol. The van der Waals surface area contributed by atoms with Crippen molar-refractivity contribution in [3.8, 4) is 6.07 Å². The number of aliphatic hydroxyl groups is 1. The Kier molecular flexibility index (Phi) is 4.24. The van der Waals surface area contributed by atoms with Gasteiger partial charge < -0.3 is 5.11 Å². The fourth-order valence-electron chi connectivity index (χ4n) is 5.43. The zero-order valence-corrected chi connectivity index (χ0v) is 16.6. The van der Waals surface area contributed by atoms with Gasteiger partial charge in [-0.3, -0.25) is 0 Å². The van der Waals surface area contributed by atoms with Crippen molar-refractivity contribution >= 4 is 0 Å². The van der Waals surface area contributed by atoms with Crippen LogP contribution in [0.25, 0.3) is 0 Å². The van der Waals surface area contributed by atoms with Crippen molar-refractivity contribution in [1.82, 2.24) is 20.2 Å². The molecule has 0 amide bonds. The van der Waals surface area contributed by atoms with Crippen molar-refractivity contribution in [2.24, 2.45) is 5.41 Å². The summed E-state index contributed by atoms with van der Waals surface area (Å²) < 4.78 is 61.1. The lowest BCUT2D eigenvalue weighted by Crippen LogP contribution is -2.76. The van der Waals surface area contributed by atoms with Gasteiger partial charge >= 0.3 is 0 Å². The molecule has 2 aromatic carbocycles. The van der Waals surface area contributed by atoms with Gasteiger partial charge in [-0.05, 0) is 64.9 Å². The molecule has 1 unspecified atom stereocenters. The van der Waals surface area contributed by atoms with Crippen LogP contribution in [0.1, 0.15) is 36.0 Å². The average Bonchev–Trinajstić information content (AvgIpc) is 3.18. The van der Waals surface area contributed by atoms with Crippen molar-refractivity contribution in [2.75, 3.05) is 0 Å². The van der Waals surface area contributed by atoms with Gasteiger partial charge in [0.1, 0.15) is 18.0 Å². The quantitative estimate of drug-likeness (QED) is 0.590. The highest BCUT2D eigenvalue weighted by atomic mass is 19.3. The van der Waals surface area contributed by atoms with Crippen LogP contribution in [-0.2, 0) is 17.6 Å². The third kappa shape index (κ3) is 2.64. The number of tetrazole rings is 1. The maximum Gasteiger partial charge on any atom is 0.287 e. The van der Waals surface area contributed by atoms with E-state index >= 15 is 8.78 Å². The topological polar surface area (TPSA) is 87.6 Å². The van der Waals surface area contributed by atoms with Gasteiger partial charge in [0, 0.05) is 17.0 Å². The zero-order valence-electron chi connectivity index (χ0n) is 16.6. The summed E-state index contributed by atoms with van der Waals surface area (Å²) in [6.07, 6.45) is 1.33. The van der Waals surface area contributed by atoms with Gasteiger partial charge in [0.05, 0.1) is 18.2 Å². The van der Waals surface area contributed by atoms with Crippen molar-refractivity contribution in [1.29, 1.82) is 5.26 Å². The zero-order chi connectivity index (χ0) is 22.8. The highest BCUT2D eigenvalue weighted by Gasteiger charge is 2.82. The maximum atomic E-state index is 16.1. The molecule has 1 aromatic heterocycles. The van der Waals surface area contributed by atoms with E-state index in [0.717, 1.165) is 28.7 Å². The van der Waals surface area contributed by atoms with Crippen molar-refractivity contribution in [3.05, 3.63) is 77.1 Å². The molecule has 3 saturated carbocycles. The van der Waals surface area contributed by atoms with Crippen LogP contribution in [0, 0.1) is 28.4 Å². The number of benzene rings is 2. The van der Waals surface area contributed by atoms with Crippen LogP contribution < -0.4 is 0 Å². The Bertz CT molecular complexity index is 1200. The third-order valence-electron chi connectivity index (χ3n) is 7.00. The Morgan fingerprint density at radius 3 is 2.34 bits per heavy atom. The summed E-state index contributed by atoms with van der Waals surface area (Å²) in [6, 6.07) is 11.0. The van der Waals surface area contributed by atoms with Gasteiger partial charge in [-0.15, -0.1) is 5.10 Å². The van der Waals surface area contributed by atoms with Crippen LogP contribution in [0.4, 0.5) is 17.6 Å². The summed E-state index contributed by atoms with van der Waals surface area (Å²) >= 11 is 0. The van der Waals surface area contributed by atoms with Gasteiger partial charge in [0.2, 0.25) is 0 Å². The second-order valence-corrected chi connectivity index (χ2v) is 8.85. The molecule has 0 spiro atoms. The molecule has 2 bridgehead atoms. The molecule has 164 valence electrons. The third-order valence-corrected chi connectivity index (χ3v) is 7.00. The van der Waals surface area contributed by atoms with E-state index in [1.54, 1.807) is 24.3 Å². The fourth-order valence-corrected chi connectivity index (χ4v) is 5.43. The first-order chi connectivity index (χ1) is 15.1. The maximum absolute atomic E-state index is 16.1. The molecule has 3 fully saturated rings. The number of rotatable bonds is 6. The minimum atomic E-state index is -3.76. The smallest absolute Gasteiger partial charge is 0.287 e. The van der Waals surface area contributed by atoms with Crippen LogP contribution in [-0.4, -0.2) is 31.2 Å². The largest absolute Gasteiger partial charge is 0.377 e. The number of halogens is 4. The summed E-state index contributed by atoms with van der Waals surface area (Å²) in [6.45, 7) is -0.804. The molecule has 10 heteroatoms. The first kappa shape index (κ1) is 20.6. The van der Waals surface area contributed by atoms with Crippen molar-refractivity contribution in [3.63, 3.8) is 0 Å². The predicted molar refractivity (Wildman–Crippen MR) is 102 cm³/mol. The molecule has 1 N–H and O–H groups in total. The van der Waals surface area contributed by atoms with Gasteiger partial charge in [-0.1, -0.05) is 12.1 Å². The lowest BCUT2D eigenvalue weighted by molar-refractivity contribution is -0.347. The van der Waals surface area contributed by atoms with E-state index in [0.29, 0.717) is 11.6 Å². The Hall–Kier alpha value is -3.32. The van der Waals surface area contributed by atoms with Gasteiger partial charge in [0.15, 0.2) is 5.60 Å². The van der Waals surface area contributed by atoms with E-state index in [9.17, 15) is 13.9 Å². The van der Waals surface area contributed by atoms with Crippen LogP contribution in [0.2, 0.25) is 0 Å². The predicted octanol–water partition coefficient (Wildman–Crippen LogP) is 3.47. The van der Waals surface area contributed by atoms with Crippen LogP contribution in [0.5, 0.6) is 0 Å². The molecule has 1 atom stereocenters. The second-order valence-electron chi connectivity index (χ2n) is 8.85. The van der Waals surface area contributed by atoms with E-state index in [-0.39, 0.29) is 19.3 Å². The van der Waals surface area contributed by atoms with Crippen LogP contribution >= 0.6 is 0 Å².